The van der Waals surface area contributed by atoms with E-state index in [2.05, 4.69) is 149 Å². The second-order valence-electron chi connectivity index (χ2n) is 16.9. The van der Waals surface area contributed by atoms with E-state index in [0.29, 0.717) is 11.2 Å². The average Bonchev–Trinajstić information content (AvgIpc) is 3.57. The molecule has 2 atom stereocenters. The van der Waals surface area contributed by atoms with Gasteiger partial charge in [0.05, 0.1) is 5.52 Å². The van der Waals surface area contributed by atoms with Gasteiger partial charge in [-0.15, -0.1) is 46.7 Å². The van der Waals surface area contributed by atoms with E-state index in [4.69, 9.17) is 4.98 Å². The van der Waals surface area contributed by atoms with E-state index in [1.807, 2.05) is 25.6 Å². The second kappa shape index (κ2) is 15.3. The number of carbonyl (C=O) groups excluding carboxylic acids is 1. The summed E-state index contributed by atoms with van der Waals surface area (Å²) in [6.45, 7) is 27.7. The molecule has 3 nitrogen and oxygen atoms in total. The van der Waals surface area contributed by atoms with Crippen molar-refractivity contribution in [3.8, 4) is 11.3 Å². The van der Waals surface area contributed by atoms with E-state index in [-0.39, 0.29) is 66.1 Å². The molecule has 5 heteroatoms. The molecule has 2 heterocycles. The first-order valence-corrected chi connectivity index (χ1v) is 19.4. The summed E-state index contributed by atoms with van der Waals surface area (Å²) in [6.07, 6.45) is 1.50. The SMILES string of the molecule is CC(C)C(C)(C(=O)/C=C(\O)C(C)(C(C)C)C(C)C)C(C)C.Cc1cc(-c2[c-]ccc3c2C(C)(C)C2c4ccccc4SC32)nc2ccccc12.[Ir]. The fraction of sp³-hybridized carbons (Fsp3) is 0.478. The summed E-state index contributed by atoms with van der Waals surface area (Å²) in [6, 6.07) is 27.6. The summed E-state index contributed by atoms with van der Waals surface area (Å²) in [5, 5.41) is 12.4. The molecule has 0 spiro atoms. The van der Waals surface area contributed by atoms with Gasteiger partial charge in [-0.25, -0.2) is 0 Å². The largest absolute Gasteiger partial charge is 0.512 e. The van der Waals surface area contributed by atoms with Gasteiger partial charge in [0.1, 0.15) is 5.76 Å². The normalized spacial score (nSPS) is 18.0. The second-order valence-corrected chi connectivity index (χ2v) is 18.1. The van der Waals surface area contributed by atoms with Gasteiger partial charge in [-0.3, -0.25) is 9.78 Å². The number of aliphatic hydroxyl groups excluding tert-OH is 1. The zero-order chi connectivity index (χ0) is 36.9. The van der Waals surface area contributed by atoms with E-state index in [1.165, 1.54) is 44.2 Å². The molecule has 1 aliphatic heterocycles. The third-order valence-electron chi connectivity index (χ3n) is 12.9. The summed E-state index contributed by atoms with van der Waals surface area (Å²) in [4.78, 5) is 19.3. The Kier molecular flexibility index (Phi) is 12.3. The van der Waals surface area contributed by atoms with Gasteiger partial charge in [0.25, 0.3) is 0 Å². The number of fused-ring (bicyclic) bond motifs is 6. The number of aryl methyl sites for hydroxylation is 1. The number of carbonyl (C=O) groups is 1. The number of aliphatic hydroxyl groups is 1. The number of thioether (sulfide) groups is 1. The molecule has 3 aromatic carbocycles. The summed E-state index contributed by atoms with van der Waals surface area (Å²) in [5.41, 5.74) is 8.16. The first-order chi connectivity index (χ1) is 23.4. The van der Waals surface area contributed by atoms with Crippen LogP contribution in [0, 0.1) is 47.5 Å². The molecule has 1 aromatic heterocycles. The quantitative estimate of drug-likeness (QED) is 0.109. The van der Waals surface area contributed by atoms with Crippen LogP contribution in [-0.2, 0) is 30.3 Å². The smallest absolute Gasteiger partial charge is 0.165 e. The molecular formula is C46H58IrNO2S-. The maximum atomic E-state index is 12.8. The molecule has 4 aromatic rings. The van der Waals surface area contributed by atoms with E-state index < -0.39 is 5.41 Å². The van der Waals surface area contributed by atoms with Crippen LogP contribution in [0.3, 0.4) is 0 Å². The Morgan fingerprint density at radius 1 is 0.863 bits per heavy atom. The van der Waals surface area contributed by atoms with Gasteiger partial charge >= 0.3 is 0 Å². The van der Waals surface area contributed by atoms with Crippen LogP contribution in [0.5, 0.6) is 0 Å². The minimum Gasteiger partial charge on any atom is -0.512 e. The molecule has 0 saturated heterocycles. The minimum absolute atomic E-state index is 0. The summed E-state index contributed by atoms with van der Waals surface area (Å²) in [5.74, 6) is 1.77. The molecule has 275 valence electrons. The number of pyridine rings is 1. The first-order valence-electron chi connectivity index (χ1n) is 18.5. The molecule has 1 N–H and O–H groups in total. The van der Waals surface area contributed by atoms with Crippen LogP contribution in [0.25, 0.3) is 22.2 Å². The van der Waals surface area contributed by atoms with Crippen molar-refractivity contribution in [1.29, 1.82) is 0 Å². The molecule has 51 heavy (non-hydrogen) atoms. The fourth-order valence-corrected chi connectivity index (χ4v) is 10.1. The number of hydrogen-bond donors (Lipinski definition) is 1. The zero-order valence-electron chi connectivity index (χ0n) is 32.9. The molecule has 0 saturated carbocycles. The molecule has 0 fully saturated rings. The molecule has 1 radical (unpaired) electrons. The molecular weight excluding hydrogens is 823 g/mol. The van der Waals surface area contributed by atoms with Crippen molar-refractivity contribution in [3.05, 3.63) is 107 Å². The Bertz CT molecular complexity index is 1900. The number of hydrogen-bond acceptors (Lipinski definition) is 4. The maximum absolute atomic E-state index is 12.8. The van der Waals surface area contributed by atoms with Crippen molar-refractivity contribution in [1.82, 2.24) is 4.98 Å². The molecule has 0 amide bonds. The standard InChI is InChI=1S/C27H22NS.C19H36O2.Ir/c1-16-15-22(28-21-13-6-4-9-17(16)21)18-11-8-12-20-24(18)27(2,3)25-19-10-5-7-14-23(19)29-26(20)25;1-12(2)18(9,13(3)4)16(20)11-17(21)19(10,14(5)6)15(7)8;/h4-10,12-15,25-26H,1-3H3;11-15,20H,1-10H3;/q-1;;/b;16-11-;. The Labute approximate surface area is 325 Å². The average molecular weight is 881 g/mol. The Balaban J connectivity index is 0.000000239. The summed E-state index contributed by atoms with van der Waals surface area (Å²) in [7, 11) is 0. The van der Waals surface area contributed by atoms with E-state index in [1.54, 1.807) is 0 Å². The van der Waals surface area contributed by atoms with E-state index in [9.17, 15) is 9.90 Å². The third kappa shape index (κ3) is 7.05. The maximum Gasteiger partial charge on any atom is 0.165 e. The summed E-state index contributed by atoms with van der Waals surface area (Å²) >= 11 is 2.03. The van der Waals surface area contributed by atoms with Crippen molar-refractivity contribution in [2.75, 3.05) is 0 Å². The molecule has 0 bridgehead atoms. The zero-order valence-corrected chi connectivity index (χ0v) is 36.1. The number of allylic oxidation sites excluding steroid dienone is 2. The topological polar surface area (TPSA) is 50.2 Å². The summed E-state index contributed by atoms with van der Waals surface area (Å²) < 4.78 is 0. The van der Waals surface area contributed by atoms with Gasteiger partial charge in [0.2, 0.25) is 0 Å². The third-order valence-corrected chi connectivity index (χ3v) is 14.3. The van der Waals surface area contributed by atoms with E-state index >= 15 is 0 Å². The predicted octanol–water partition coefficient (Wildman–Crippen LogP) is 12.9. The van der Waals surface area contributed by atoms with Gasteiger partial charge in [-0.05, 0) is 65.0 Å². The van der Waals surface area contributed by atoms with Crippen molar-refractivity contribution in [2.45, 2.75) is 111 Å². The van der Waals surface area contributed by atoms with Crippen LogP contribution >= 0.6 is 11.8 Å². The number of nitrogens with zero attached hydrogens (tertiary/aromatic N) is 1. The minimum atomic E-state index is -0.442. The number of rotatable bonds is 8. The molecule has 6 rings (SSSR count). The first kappa shape index (κ1) is 41.0. The van der Waals surface area contributed by atoms with Crippen LogP contribution in [0.1, 0.15) is 117 Å². The van der Waals surface area contributed by atoms with Gasteiger partial charge in [-0.1, -0.05) is 126 Å². The molecule has 1 aliphatic carbocycles. The molecule has 2 aliphatic rings. The van der Waals surface area contributed by atoms with Crippen LogP contribution in [-0.4, -0.2) is 15.9 Å². The van der Waals surface area contributed by atoms with Gasteiger partial charge < -0.3 is 5.11 Å². The Morgan fingerprint density at radius 3 is 2.04 bits per heavy atom. The predicted molar refractivity (Wildman–Crippen MR) is 213 cm³/mol. The van der Waals surface area contributed by atoms with Gasteiger partial charge in [-0.2, -0.15) is 0 Å². The number of benzene rings is 3. The fourth-order valence-electron chi connectivity index (χ4n) is 8.43. The number of ketones is 1. The molecule has 2 unspecified atom stereocenters. The van der Waals surface area contributed by atoms with Crippen molar-refractivity contribution in [3.63, 3.8) is 0 Å². The van der Waals surface area contributed by atoms with Crippen LogP contribution in [0.2, 0.25) is 0 Å². The van der Waals surface area contributed by atoms with Crippen LogP contribution in [0.4, 0.5) is 0 Å². The van der Waals surface area contributed by atoms with Crippen LogP contribution in [0.15, 0.2) is 83.5 Å². The van der Waals surface area contributed by atoms with Crippen molar-refractivity contribution >= 4 is 28.4 Å². The van der Waals surface area contributed by atoms with E-state index in [0.717, 1.165) is 11.2 Å². The number of para-hydroxylation sites is 1. The van der Waals surface area contributed by atoms with Gasteiger partial charge in [0, 0.05) is 58.5 Å². The Hall–Kier alpha value is -2.72. The van der Waals surface area contributed by atoms with Crippen LogP contribution < -0.4 is 0 Å². The monoisotopic (exact) mass is 881 g/mol. The Morgan fingerprint density at radius 2 is 1.43 bits per heavy atom. The number of aromatic nitrogens is 1. The van der Waals surface area contributed by atoms with Crippen molar-refractivity contribution in [2.24, 2.45) is 34.5 Å². The van der Waals surface area contributed by atoms with Crippen molar-refractivity contribution < 1.29 is 30.0 Å². The van der Waals surface area contributed by atoms with Gasteiger partial charge in [0.15, 0.2) is 5.78 Å².